The molecule has 2 rings (SSSR count). The van der Waals surface area contributed by atoms with Crippen LogP contribution in [0.4, 0.5) is 0 Å². The first-order valence-corrected chi connectivity index (χ1v) is 8.28. The smallest absolute Gasteiger partial charge is 0.0320 e. The van der Waals surface area contributed by atoms with Gasteiger partial charge in [0.15, 0.2) is 0 Å². The number of aryl methyl sites for hydroxylation is 1. The largest absolute Gasteiger partial charge is 0.307 e. The van der Waals surface area contributed by atoms with E-state index in [4.69, 9.17) is 0 Å². The van der Waals surface area contributed by atoms with Gasteiger partial charge in [-0.25, -0.2) is 0 Å². The molecule has 112 valence electrons. The molecule has 1 heterocycles. The summed E-state index contributed by atoms with van der Waals surface area (Å²) in [5.74, 6) is 0. The fraction of sp³-hybridized carbons (Fsp3) is 0.667. The van der Waals surface area contributed by atoms with Gasteiger partial charge in [0.05, 0.1) is 0 Å². The predicted octanol–water partition coefficient (Wildman–Crippen LogP) is 3.91. The molecule has 0 radical (unpaired) electrons. The molecular weight excluding hydrogens is 244 g/mol. The lowest BCUT2D eigenvalue weighted by Gasteiger charge is -2.34. The Balaban J connectivity index is 1.86. The van der Waals surface area contributed by atoms with E-state index in [0.717, 1.165) is 6.42 Å². The lowest BCUT2D eigenvalue weighted by molar-refractivity contribution is 0.190. The Morgan fingerprint density at radius 2 is 1.80 bits per heavy atom. The van der Waals surface area contributed by atoms with Crippen molar-refractivity contribution in [2.24, 2.45) is 0 Å². The molecule has 0 spiro atoms. The minimum absolute atomic E-state index is 0.512. The molecule has 1 aliphatic rings. The van der Waals surface area contributed by atoms with E-state index in [2.05, 4.69) is 55.3 Å². The van der Waals surface area contributed by atoms with Crippen molar-refractivity contribution in [3.05, 3.63) is 35.4 Å². The molecule has 1 N–H and O–H groups in total. The highest BCUT2D eigenvalue weighted by molar-refractivity contribution is 5.24. The Hall–Kier alpha value is -0.860. The summed E-state index contributed by atoms with van der Waals surface area (Å²) in [7, 11) is 0. The van der Waals surface area contributed by atoms with Crippen molar-refractivity contribution < 1.29 is 0 Å². The van der Waals surface area contributed by atoms with Crippen LogP contribution < -0.4 is 5.32 Å². The van der Waals surface area contributed by atoms with Crippen LogP contribution in [0.3, 0.4) is 0 Å². The first kappa shape index (κ1) is 15.5. The van der Waals surface area contributed by atoms with Crippen molar-refractivity contribution in [2.75, 3.05) is 19.6 Å². The van der Waals surface area contributed by atoms with E-state index in [9.17, 15) is 0 Å². The van der Waals surface area contributed by atoms with Crippen LogP contribution >= 0.6 is 0 Å². The summed E-state index contributed by atoms with van der Waals surface area (Å²) in [6, 6.07) is 10.2. The third-order valence-electron chi connectivity index (χ3n) is 4.45. The van der Waals surface area contributed by atoms with Crippen molar-refractivity contribution in [1.29, 1.82) is 0 Å². The summed E-state index contributed by atoms with van der Waals surface area (Å²) < 4.78 is 0. The summed E-state index contributed by atoms with van der Waals surface area (Å²) in [4.78, 5) is 2.60. The minimum atomic E-state index is 0.512. The van der Waals surface area contributed by atoms with Crippen molar-refractivity contribution in [2.45, 2.75) is 58.5 Å². The molecule has 0 amide bonds. The van der Waals surface area contributed by atoms with Crippen LogP contribution in [0.25, 0.3) is 0 Å². The SMILES string of the molecule is CCCN1CCC(NC(CC)c2ccc(C)cc2)CC1. The summed E-state index contributed by atoms with van der Waals surface area (Å²) in [6.07, 6.45) is 5.03. The quantitative estimate of drug-likeness (QED) is 0.846. The molecule has 20 heavy (non-hydrogen) atoms. The Kier molecular flexibility index (Phi) is 6.06. The lowest BCUT2D eigenvalue weighted by Crippen LogP contribution is -2.43. The molecule has 0 aromatic heterocycles. The van der Waals surface area contributed by atoms with Gasteiger partial charge in [0.2, 0.25) is 0 Å². The van der Waals surface area contributed by atoms with Gasteiger partial charge in [-0.15, -0.1) is 0 Å². The van der Waals surface area contributed by atoms with Gasteiger partial charge in [0.25, 0.3) is 0 Å². The van der Waals surface area contributed by atoms with Crippen molar-refractivity contribution in [3.63, 3.8) is 0 Å². The number of nitrogens with one attached hydrogen (secondary N) is 1. The average molecular weight is 274 g/mol. The van der Waals surface area contributed by atoms with Crippen molar-refractivity contribution in [3.8, 4) is 0 Å². The van der Waals surface area contributed by atoms with Gasteiger partial charge in [-0.2, -0.15) is 0 Å². The Morgan fingerprint density at radius 3 is 2.35 bits per heavy atom. The van der Waals surface area contributed by atoms with Crippen LogP contribution in [0, 0.1) is 6.92 Å². The minimum Gasteiger partial charge on any atom is -0.307 e. The maximum absolute atomic E-state index is 3.88. The van der Waals surface area contributed by atoms with Gasteiger partial charge in [-0.3, -0.25) is 0 Å². The molecule has 1 aromatic carbocycles. The monoisotopic (exact) mass is 274 g/mol. The van der Waals surface area contributed by atoms with E-state index in [0.29, 0.717) is 12.1 Å². The molecule has 1 atom stereocenters. The standard InChI is InChI=1S/C18H30N2/c1-4-12-20-13-10-17(11-14-20)19-18(5-2)16-8-6-15(3)7-9-16/h6-9,17-19H,4-5,10-14H2,1-3H3. The summed E-state index contributed by atoms with van der Waals surface area (Å²) in [5, 5.41) is 3.88. The molecule has 0 aliphatic carbocycles. The van der Waals surface area contributed by atoms with E-state index in [1.807, 2.05) is 0 Å². The molecule has 1 fully saturated rings. The molecule has 1 saturated heterocycles. The van der Waals surface area contributed by atoms with Crippen LogP contribution in [0.1, 0.15) is 56.7 Å². The second-order valence-electron chi connectivity index (χ2n) is 6.15. The molecule has 1 aliphatic heterocycles. The van der Waals surface area contributed by atoms with E-state index in [-0.39, 0.29) is 0 Å². The number of rotatable bonds is 6. The highest BCUT2D eigenvalue weighted by Crippen LogP contribution is 2.21. The van der Waals surface area contributed by atoms with Gasteiger partial charge in [0, 0.05) is 12.1 Å². The fourth-order valence-corrected chi connectivity index (χ4v) is 3.17. The van der Waals surface area contributed by atoms with Crippen LogP contribution in [-0.4, -0.2) is 30.6 Å². The predicted molar refractivity (Wildman–Crippen MR) is 87.1 cm³/mol. The average Bonchev–Trinajstić information content (AvgIpc) is 2.48. The van der Waals surface area contributed by atoms with Crippen LogP contribution in [0.5, 0.6) is 0 Å². The second-order valence-corrected chi connectivity index (χ2v) is 6.15. The Morgan fingerprint density at radius 1 is 1.15 bits per heavy atom. The van der Waals surface area contributed by atoms with Crippen LogP contribution in [0.2, 0.25) is 0 Å². The molecule has 2 heteroatoms. The molecule has 2 nitrogen and oxygen atoms in total. The summed E-state index contributed by atoms with van der Waals surface area (Å²) in [5.41, 5.74) is 2.78. The van der Waals surface area contributed by atoms with E-state index in [1.165, 1.54) is 50.0 Å². The second kappa shape index (κ2) is 7.80. The van der Waals surface area contributed by atoms with Crippen LogP contribution in [-0.2, 0) is 0 Å². The van der Waals surface area contributed by atoms with Crippen LogP contribution in [0.15, 0.2) is 24.3 Å². The number of benzene rings is 1. The maximum atomic E-state index is 3.88. The topological polar surface area (TPSA) is 15.3 Å². The first-order chi connectivity index (χ1) is 9.72. The highest BCUT2D eigenvalue weighted by atomic mass is 15.1. The highest BCUT2D eigenvalue weighted by Gasteiger charge is 2.21. The third-order valence-corrected chi connectivity index (χ3v) is 4.45. The molecule has 0 saturated carbocycles. The number of hydrogen-bond acceptors (Lipinski definition) is 2. The fourth-order valence-electron chi connectivity index (χ4n) is 3.17. The normalized spacial score (nSPS) is 19.1. The Labute approximate surface area is 124 Å². The molecule has 0 bridgehead atoms. The maximum Gasteiger partial charge on any atom is 0.0320 e. The Bertz CT molecular complexity index is 377. The van der Waals surface area contributed by atoms with E-state index < -0.39 is 0 Å². The molecule has 1 aromatic rings. The summed E-state index contributed by atoms with van der Waals surface area (Å²) >= 11 is 0. The number of hydrogen-bond donors (Lipinski definition) is 1. The van der Waals surface area contributed by atoms with Crippen molar-refractivity contribution >= 4 is 0 Å². The third kappa shape index (κ3) is 4.32. The van der Waals surface area contributed by atoms with E-state index in [1.54, 1.807) is 0 Å². The first-order valence-electron chi connectivity index (χ1n) is 8.28. The lowest BCUT2D eigenvalue weighted by atomic mass is 9.98. The van der Waals surface area contributed by atoms with Gasteiger partial charge in [0.1, 0.15) is 0 Å². The van der Waals surface area contributed by atoms with Gasteiger partial charge < -0.3 is 10.2 Å². The number of likely N-dealkylation sites (tertiary alicyclic amines) is 1. The zero-order valence-corrected chi connectivity index (χ0v) is 13.4. The molecular formula is C18H30N2. The number of nitrogens with zero attached hydrogens (tertiary/aromatic N) is 1. The molecule has 1 unspecified atom stereocenters. The van der Waals surface area contributed by atoms with Gasteiger partial charge >= 0.3 is 0 Å². The number of piperidine rings is 1. The zero-order chi connectivity index (χ0) is 14.4. The summed E-state index contributed by atoms with van der Waals surface area (Å²) in [6.45, 7) is 10.5. The van der Waals surface area contributed by atoms with E-state index >= 15 is 0 Å². The zero-order valence-electron chi connectivity index (χ0n) is 13.4. The van der Waals surface area contributed by atoms with Crippen molar-refractivity contribution in [1.82, 2.24) is 10.2 Å². The van der Waals surface area contributed by atoms with Gasteiger partial charge in [-0.1, -0.05) is 43.7 Å². The van der Waals surface area contributed by atoms with Gasteiger partial charge in [-0.05, 0) is 57.8 Å².